The predicted molar refractivity (Wildman–Crippen MR) is 77.7 cm³/mol. The summed E-state index contributed by atoms with van der Waals surface area (Å²) >= 11 is 0. The highest BCUT2D eigenvalue weighted by molar-refractivity contribution is 6.22. The molecule has 92 valence electrons. The van der Waals surface area contributed by atoms with Crippen LogP contribution < -0.4 is 0 Å². The second-order valence-electron chi connectivity index (χ2n) is 4.37. The Morgan fingerprint density at radius 3 is 1.16 bits per heavy atom. The maximum absolute atomic E-state index is 8.11. The van der Waals surface area contributed by atoms with E-state index in [-0.39, 0.29) is 0 Å². The van der Waals surface area contributed by atoms with Crippen LogP contribution in [0.1, 0.15) is 0 Å². The van der Waals surface area contributed by atoms with Crippen molar-refractivity contribution in [3.05, 3.63) is 65.6 Å². The maximum Gasteiger partial charge on any atom is 0.152 e. The molecule has 0 unspecified atom stereocenters. The summed E-state index contributed by atoms with van der Waals surface area (Å²) in [5.74, 6) is 0. The van der Waals surface area contributed by atoms with Crippen molar-refractivity contribution in [2.75, 3.05) is 0 Å². The van der Waals surface area contributed by atoms with Crippen molar-refractivity contribution in [3.63, 3.8) is 0 Å². The summed E-state index contributed by atoms with van der Waals surface area (Å²) in [6.45, 7) is 0. The van der Waals surface area contributed by atoms with Crippen molar-refractivity contribution in [2.45, 2.75) is 0 Å². The van der Waals surface area contributed by atoms with Gasteiger partial charge in [-0.2, -0.15) is 0 Å². The Morgan fingerprint density at radius 1 is 0.632 bits per heavy atom. The lowest BCUT2D eigenvalue weighted by Crippen LogP contribution is -1.82. The third kappa shape index (κ3) is 1.76. The van der Waals surface area contributed by atoms with Crippen LogP contribution in [0.2, 0.25) is 0 Å². The summed E-state index contributed by atoms with van der Waals surface area (Å²) in [7, 11) is 0. The van der Waals surface area contributed by atoms with Gasteiger partial charge in [-0.25, -0.2) is 0 Å². The average Bonchev–Trinajstić information content (AvgIpc) is 2.46. The second kappa shape index (κ2) is 4.53. The zero-order chi connectivity index (χ0) is 13.2. The molecule has 0 bridgehead atoms. The molecule has 0 aliphatic heterocycles. The van der Waals surface area contributed by atoms with Gasteiger partial charge < -0.3 is 5.21 Å². The van der Waals surface area contributed by atoms with E-state index < -0.39 is 0 Å². The minimum Gasteiger partial charge on any atom is -0.379 e. The molecule has 4 aromatic rings. The first-order valence-corrected chi connectivity index (χ1v) is 5.94. The standard InChI is InChI=1S/C16H10.HNO2/c1-3-11-7-9-13-5-2-6-14-10-8-12(4-1)15(11)16(13)14;2-1-3/h1-10H;(H,2,3). The minimum atomic E-state index is 1.25. The quantitative estimate of drug-likeness (QED) is 0.278. The molecule has 0 saturated carbocycles. The molecule has 4 aromatic carbocycles. The molecule has 0 radical (unpaired) electrons. The molecule has 0 aliphatic rings. The molecule has 0 spiro atoms. The third-order valence-corrected chi connectivity index (χ3v) is 3.39. The molecule has 0 saturated heterocycles. The van der Waals surface area contributed by atoms with Crippen molar-refractivity contribution in [2.24, 2.45) is 5.34 Å². The molecule has 0 heterocycles. The lowest BCUT2D eigenvalue weighted by molar-refractivity contribution is 0.312. The van der Waals surface area contributed by atoms with Crippen LogP contribution in [0.3, 0.4) is 0 Å². The van der Waals surface area contributed by atoms with E-state index in [1.54, 1.807) is 0 Å². The fourth-order valence-corrected chi connectivity index (χ4v) is 2.67. The van der Waals surface area contributed by atoms with Crippen LogP contribution in [0, 0.1) is 4.91 Å². The van der Waals surface area contributed by atoms with Crippen molar-refractivity contribution in [1.82, 2.24) is 0 Å². The Kier molecular flexibility index (Phi) is 2.72. The number of benzene rings is 4. The van der Waals surface area contributed by atoms with E-state index in [0.717, 1.165) is 0 Å². The smallest absolute Gasteiger partial charge is 0.152 e. The van der Waals surface area contributed by atoms with Crippen LogP contribution in [-0.2, 0) is 0 Å². The second-order valence-corrected chi connectivity index (χ2v) is 4.37. The van der Waals surface area contributed by atoms with E-state index in [9.17, 15) is 0 Å². The van der Waals surface area contributed by atoms with Gasteiger partial charge in [0, 0.05) is 0 Å². The van der Waals surface area contributed by atoms with Gasteiger partial charge in [0.05, 0.1) is 0 Å². The van der Waals surface area contributed by atoms with Gasteiger partial charge in [0.25, 0.3) is 0 Å². The highest BCUT2D eigenvalue weighted by Crippen LogP contribution is 2.33. The van der Waals surface area contributed by atoms with E-state index >= 15 is 0 Å². The Morgan fingerprint density at radius 2 is 0.895 bits per heavy atom. The van der Waals surface area contributed by atoms with Crippen LogP contribution in [0.4, 0.5) is 0 Å². The normalized spacial score (nSPS) is 10.5. The largest absolute Gasteiger partial charge is 0.379 e. The lowest BCUT2D eigenvalue weighted by atomic mass is 9.95. The topological polar surface area (TPSA) is 49.7 Å². The van der Waals surface area contributed by atoms with Gasteiger partial charge in [-0.05, 0) is 32.3 Å². The molecule has 3 nitrogen and oxygen atoms in total. The summed E-state index contributed by atoms with van der Waals surface area (Å²) < 4.78 is 0. The van der Waals surface area contributed by atoms with Crippen LogP contribution in [0.15, 0.2) is 66.0 Å². The molecule has 0 fully saturated rings. The molecule has 0 amide bonds. The number of hydrogen-bond donors (Lipinski definition) is 1. The molecule has 1 N–H and O–H groups in total. The first-order valence-electron chi connectivity index (χ1n) is 5.94. The zero-order valence-electron chi connectivity index (χ0n) is 10.1. The Labute approximate surface area is 109 Å². The lowest BCUT2D eigenvalue weighted by Gasteiger charge is -2.09. The van der Waals surface area contributed by atoms with Crippen molar-refractivity contribution in [1.29, 1.82) is 0 Å². The van der Waals surface area contributed by atoms with E-state index in [1.165, 1.54) is 37.7 Å². The van der Waals surface area contributed by atoms with Crippen molar-refractivity contribution in [3.8, 4) is 0 Å². The van der Waals surface area contributed by atoms with Crippen molar-refractivity contribution >= 4 is 32.3 Å². The average molecular weight is 249 g/mol. The predicted octanol–water partition coefficient (Wildman–Crippen LogP) is 4.73. The Balaban J connectivity index is 0.000000339. The van der Waals surface area contributed by atoms with Crippen LogP contribution in [0.5, 0.6) is 0 Å². The molecule has 19 heavy (non-hydrogen) atoms. The summed E-state index contributed by atoms with van der Waals surface area (Å²) in [6, 6.07) is 21.9. The van der Waals surface area contributed by atoms with Crippen LogP contribution >= 0.6 is 0 Å². The fraction of sp³-hybridized carbons (Fsp3) is 0. The summed E-state index contributed by atoms with van der Waals surface area (Å²) in [4.78, 5) is 8.11. The zero-order valence-corrected chi connectivity index (χ0v) is 10.1. The third-order valence-electron chi connectivity index (χ3n) is 3.39. The van der Waals surface area contributed by atoms with Gasteiger partial charge in [0.1, 0.15) is 0 Å². The van der Waals surface area contributed by atoms with Crippen LogP contribution in [-0.4, -0.2) is 5.21 Å². The summed E-state index contributed by atoms with van der Waals surface area (Å²) in [5, 5.41) is 16.0. The van der Waals surface area contributed by atoms with E-state index in [1.807, 2.05) is 0 Å². The monoisotopic (exact) mass is 249 g/mol. The first kappa shape index (κ1) is 11.4. The van der Waals surface area contributed by atoms with Gasteiger partial charge in [-0.3, -0.25) is 0 Å². The number of nitrogens with zero attached hydrogens (tertiary/aromatic N) is 1. The summed E-state index contributed by atoms with van der Waals surface area (Å²) in [5.41, 5.74) is 0. The molecular formula is C16H11NO2. The van der Waals surface area contributed by atoms with Gasteiger partial charge in [0.2, 0.25) is 0 Å². The van der Waals surface area contributed by atoms with Gasteiger partial charge in [0.15, 0.2) is 5.34 Å². The first-order chi connectivity index (χ1) is 9.35. The molecule has 0 aromatic heterocycles. The minimum absolute atomic E-state index is 1.25. The van der Waals surface area contributed by atoms with E-state index in [0.29, 0.717) is 0 Å². The Hall–Kier alpha value is -2.68. The highest BCUT2D eigenvalue weighted by Gasteiger charge is 2.05. The summed E-state index contributed by atoms with van der Waals surface area (Å²) in [6.07, 6.45) is 0. The van der Waals surface area contributed by atoms with Gasteiger partial charge in [-0.1, -0.05) is 60.7 Å². The highest BCUT2D eigenvalue weighted by atomic mass is 16.6. The molecule has 0 aliphatic carbocycles. The van der Waals surface area contributed by atoms with Gasteiger partial charge in [-0.15, -0.1) is 4.91 Å². The van der Waals surface area contributed by atoms with Crippen molar-refractivity contribution < 1.29 is 5.21 Å². The fourth-order valence-electron chi connectivity index (χ4n) is 2.67. The molecular weight excluding hydrogens is 238 g/mol. The van der Waals surface area contributed by atoms with Crippen LogP contribution in [0.25, 0.3) is 32.3 Å². The van der Waals surface area contributed by atoms with Gasteiger partial charge >= 0.3 is 0 Å². The number of hydrogen-bond acceptors (Lipinski definition) is 2. The maximum atomic E-state index is 8.11. The van der Waals surface area contributed by atoms with E-state index in [2.05, 4.69) is 60.7 Å². The molecule has 0 atom stereocenters. The van der Waals surface area contributed by atoms with E-state index in [4.69, 9.17) is 10.1 Å². The number of rotatable bonds is 0. The Bertz CT molecular complexity index is 725. The molecule has 3 heteroatoms. The molecule has 4 rings (SSSR count). The SMILES string of the molecule is O=NO.c1cc2ccc3cccc4ccc(c1)c2c34.